The van der Waals surface area contributed by atoms with Gasteiger partial charge in [0.1, 0.15) is 0 Å². The van der Waals surface area contributed by atoms with Gasteiger partial charge < -0.3 is 9.64 Å². The van der Waals surface area contributed by atoms with E-state index in [1.807, 2.05) is 0 Å². The molecule has 2 heterocycles. The molecular weight excluding hydrogens is 304 g/mol. The van der Waals surface area contributed by atoms with E-state index in [1.165, 1.54) is 5.69 Å². The minimum Gasteiger partial charge on any atom is -0.373 e. The summed E-state index contributed by atoms with van der Waals surface area (Å²) in [6.07, 6.45) is 0. The Morgan fingerprint density at radius 1 is 1.21 bits per heavy atom. The molecule has 19 heavy (non-hydrogen) atoms. The highest BCUT2D eigenvalue weighted by molar-refractivity contribution is 9.10. The van der Waals surface area contributed by atoms with E-state index in [-0.39, 0.29) is 5.60 Å². The Labute approximate surface area is 123 Å². The van der Waals surface area contributed by atoms with Crippen molar-refractivity contribution in [2.24, 2.45) is 0 Å². The molecule has 0 unspecified atom stereocenters. The Balaban J connectivity index is 1.68. The van der Waals surface area contributed by atoms with E-state index in [1.54, 1.807) is 0 Å². The third-order valence-corrected chi connectivity index (χ3v) is 4.58. The summed E-state index contributed by atoms with van der Waals surface area (Å²) in [6.45, 7) is 9.57. The molecule has 1 aromatic rings. The molecule has 0 spiro atoms. The molecule has 0 bridgehead atoms. The maximum absolute atomic E-state index is 5.96. The Morgan fingerprint density at radius 3 is 2.68 bits per heavy atom. The third-order valence-electron chi connectivity index (χ3n) is 4.05. The molecule has 3 rings (SSSR count). The fourth-order valence-electron chi connectivity index (χ4n) is 3.00. The third kappa shape index (κ3) is 2.96. The van der Waals surface area contributed by atoms with Gasteiger partial charge in [0.15, 0.2) is 0 Å². The number of morpholine rings is 1. The van der Waals surface area contributed by atoms with Crippen LogP contribution in [0.3, 0.4) is 0 Å². The zero-order valence-corrected chi connectivity index (χ0v) is 13.2. The second kappa shape index (κ2) is 5.08. The molecule has 1 atom stereocenters. The van der Waals surface area contributed by atoms with E-state index in [2.05, 4.69) is 63.8 Å². The smallest absolute Gasteiger partial charge is 0.0753 e. The van der Waals surface area contributed by atoms with E-state index in [0.29, 0.717) is 6.04 Å². The molecule has 2 saturated heterocycles. The van der Waals surface area contributed by atoms with Gasteiger partial charge in [-0.25, -0.2) is 0 Å². The molecule has 0 N–H and O–H groups in total. The quantitative estimate of drug-likeness (QED) is 0.790. The Kier molecular flexibility index (Phi) is 3.58. The number of hydrogen-bond acceptors (Lipinski definition) is 3. The summed E-state index contributed by atoms with van der Waals surface area (Å²) in [7, 11) is 0. The van der Waals surface area contributed by atoms with Crippen LogP contribution in [0.1, 0.15) is 13.8 Å². The molecule has 2 aliphatic rings. The van der Waals surface area contributed by atoms with Gasteiger partial charge in [0.25, 0.3) is 0 Å². The topological polar surface area (TPSA) is 15.7 Å². The number of anilines is 1. The first kappa shape index (κ1) is 13.4. The summed E-state index contributed by atoms with van der Waals surface area (Å²) in [4.78, 5) is 5.05. The molecule has 104 valence electrons. The number of fused-ring (bicyclic) bond motifs is 1. The van der Waals surface area contributed by atoms with Crippen LogP contribution in [0.15, 0.2) is 28.7 Å². The molecule has 0 aromatic heterocycles. The first-order chi connectivity index (χ1) is 9.03. The average molecular weight is 325 g/mol. The summed E-state index contributed by atoms with van der Waals surface area (Å²) in [5.41, 5.74) is 1.32. The molecule has 2 fully saturated rings. The SMILES string of the molecule is CC1(C)CN2CCN(c3ccc(Br)cc3)C[C@@H]2CO1. The highest BCUT2D eigenvalue weighted by atomic mass is 79.9. The van der Waals surface area contributed by atoms with E-state index < -0.39 is 0 Å². The molecule has 3 nitrogen and oxygen atoms in total. The number of nitrogens with zero attached hydrogens (tertiary/aromatic N) is 2. The van der Waals surface area contributed by atoms with Gasteiger partial charge in [0.2, 0.25) is 0 Å². The summed E-state index contributed by atoms with van der Waals surface area (Å²) in [6, 6.07) is 9.14. The van der Waals surface area contributed by atoms with Gasteiger partial charge in [-0.2, -0.15) is 0 Å². The van der Waals surface area contributed by atoms with Crippen molar-refractivity contribution in [1.29, 1.82) is 0 Å². The minimum absolute atomic E-state index is 0.0102. The van der Waals surface area contributed by atoms with Crippen molar-refractivity contribution < 1.29 is 4.74 Å². The lowest BCUT2D eigenvalue weighted by molar-refractivity contribution is -0.116. The number of piperazine rings is 1. The Bertz CT molecular complexity index is 446. The van der Waals surface area contributed by atoms with Crippen molar-refractivity contribution >= 4 is 21.6 Å². The molecule has 0 saturated carbocycles. The predicted octanol–water partition coefficient (Wildman–Crippen LogP) is 2.75. The first-order valence-electron chi connectivity index (χ1n) is 6.92. The monoisotopic (exact) mass is 324 g/mol. The lowest BCUT2D eigenvalue weighted by atomic mass is 10.0. The van der Waals surface area contributed by atoms with E-state index in [0.717, 1.165) is 37.3 Å². The van der Waals surface area contributed by atoms with Gasteiger partial charge in [0.05, 0.1) is 18.2 Å². The second-order valence-electron chi connectivity index (χ2n) is 6.12. The largest absolute Gasteiger partial charge is 0.373 e. The Morgan fingerprint density at radius 2 is 1.95 bits per heavy atom. The van der Waals surface area contributed by atoms with Crippen LogP contribution in [0.2, 0.25) is 0 Å². The molecule has 0 amide bonds. The van der Waals surface area contributed by atoms with Crippen LogP contribution in [-0.4, -0.2) is 49.3 Å². The molecule has 0 aliphatic carbocycles. The summed E-state index contributed by atoms with van der Waals surface area (Å²) < 4.78 is 7.10. The summed E-state index contributed by atoms with van der Waals surface area (Å²) in [5.74, 6) is 0. The van der Waals surface area contributed by atoms with Crippen LogP contribution in [0.4, 0.5) is 5.69 Å². The van der Waals surface area contributed by atoms with Crippen LogP contribution in [0.25, 0.3) is 0 Å². The van der Waals surface area contributed by atoms with Crippen molar-refractivity contribution in [2.75, 3.05) is 37.7 Å². The van der Waals surface area contributed by atoms with Gasteiger partial charge in [-0.3, -0.25) is 4.90 Å². The van der Waals surface area contributed by atoms with Crippen molar-refractivity contribution in [3.63, 3.8) is 0 Å². The zero-order chi connectivity index (χ0) is 13.5. The number of ether oxygens (including phenoxy) is 1. The number of halogens is 1. The van der Waals surface area contributed by atoms with Gasteiger partial charge >= 0.3 is 0 Å². The van der Waals surface area contributed by atoms with Crippen LogP contribution < -0.4 is 4.90 Å². The number of benzene rings is 1. The van der Waals surface area contributed by atoms with Crippen LogP contribution in [-0.2, 0) is 4.74 Å². The van der Waals surface area contributed by atoms with Gasteiger partial charge in [-0.1, -0.05) is 15.9 Å². The van der Waals surface area contributed by atoms with Gasteiger partial charge in [-0.05, 0) is 38.1 Å². The number of hydrogen-bond donors (Lipinski definition) is 0. The highest BCUT2D eigenvalue weighted by Gasteiger charge is 2.36. The van der Waals surface area contributed by atoms with Crippen LogP contribution in [0, 0.1) is 0 Å². The van der Waals surface area contributed by atoms with Crippen molar-refractivity contribution in [2.45, 2.75) is 25.5 Å². The van der Waals surface area contributed by atoms with Gasteiger partial charge in [-0.15, -0.1) is 0 Å². The average Bonchev–Trinajstić information content (AvgIpc) is 2.38. The minimum atomic E-state index is 0.0102. The Hall–Kier alpha value is -0.580. The zero-order valence-electron chi connectivity index (χ0n) is 11.6. The van der Waals surface area contributed by atoms with E-state index >= 15 is 0 Å². The summed E-state index contributed by atoms with van der Waals surface area (Å²) in [5, 5.41) is 0. The second-order valence-corrected chi connectivity index (χ2v) is 7.03. The number of rotatable bonds is 1. The fourth-order valence-corrected chi connectivity index (χ4v) is 3.27. The molecule has 4 heteroatoms. The lowest BCUT2D eigenvalue weighted by Crippen LogP contribution is -2.62. The van der Waals surface area contributed by atoms with Crippen LogP contribution in [0.5, 0.6) is 0 Å². The van der Waals surface area contributed by atoms with E-state index in [9.17, 15) is 0 Å². The molecular formula is C15H21BrN2O. The maximum atomic E-state index is 5.96. The summed E-state index contributed by atoms with van der Waals surface area (Å²) >= 11 is 3.49. The van der Waals surface area contributed by atoms with E-state index in [4.69, 9.17) is 4.74 Å². The van der Waals surface area contributed by atoms with Crippen molar-refractivity contribution in [3.05, 3.63) is 28.7 Å². The van der Waals surface area contributed by atoms with Crippen molar-refractivity contribution in [3.8, 4) is 0 Å². The molecule has 1 aromatic carbocycles. The standard InChI is InChI=1S/C15H21BrN2O/c1-15(2)11-18-8-7-17(9-14(18)10-19-15)13-5-3-12(16)4-6-13/h3-6,14H,7-11H2,1-2H3/t14-/m1/s1. The highest BCUT2D eigenvalue weighted by Crippen LogP contribution is 2.26. The first-order valence-corrected chi connectivity index (χ1v) is 7.71. The van der Waals surface area contributed by atoms with Crippen molar-refractivity contribution in [1.82, 2.24) is 4.90 Å². The molecule has 2 aliphatic heterocycles. The lowest BCUT2D eigenvalue weighted by Gasteiger charge is -2.49. The fraction of sp³-hybridized carbons (Fsp3) is 0.600. The normalized spacial score (nSPS) is 27.1. The molecule has 0 radical (unpaired) electrons. The predicted molar refractivity (Wildman–Crippen MR) is 81.7 cm³/mol. The maximum Gasteiger partial charge on any atom is 0.0753 e. The van der Waals surface area contributed by atoms with Crippen LogP contribution >= 0.6 is 15.9 Å². The van der Waals surface area contributed by atoms with Gasteiger partial charge in [0, 0.05) is 36.3 Å².